The monoisotopic (exact) mass is 487 g/mol. The quantitative estimate of drug-likeness (QED) is 0.390. The molecule has 0 aliphatic carbocycles. The van der Waals surface area contributed by atoms with Gasteiger partial charge in [-0.05, 0) is 47.3 Å². The summed E-state index contributed by atoms with van der Waals surface area (Å²) in [4.78, 5) is 7.97. The molecule has 2 aliphatic rings. The van der Waals surface area contributed by atoms with E-state index in [1.165, 1.54) is 11.1 Å². The summed E-state index contributed by atoms with van der Waals surface area (Å²) in [5.41, 5.74) is 5.53. The highest BCUT2D eigenvalue weighted by molar-refractivity contribution is 5.91. The number of H-pyrrole nitrogens is 1. The Morgan fingerprint density at radius 3 is 2.77 bits per heavy atom. The smallest absolute Gasteiger partial charge is 0.231 e. The SMILES string of the molecule is COc1ccc2cc3[n+](cc2c1OCc1nc2ccccc2[nH]1)CCc1cc2c(cc1-3)OCO2.[Cl-]. The number of hydrogen-bond acceptors (Lipinski definition) is 5. The number of para-hydroxylation sites is 2. The first-order chi connectivity index (χ1) is 16.8. The third kappa shape index (κ3) is 3.51. The van der Waals surface area contributed by atoms with Crippen LogP contribution in [0.15, 0.2) is 60.8 Å². The Bertz CT molecular complexity index is 1560. The molecule has 0 unspecified atom stereocenters. The van der Waals surface area contributed by atoms with Gasteiger partial charge >= 0.3 is 0 Å². The first-order valence-electron chi connectivity index (χ1n) is 11.3. The molecule has 0 amide bonds. The van der Waals surface area contributed by atoms with Crippen LogP contribution in [0.1, 0.15) is 11.4 Å². The highest BCUT2D eigenvalue weighted by atomic mass is 35.5. The van der Waals surface area contributed by atoms with Gasteiger partial charge in [-0.25, -0.2) is 4.98 Å². The number of aryl methyl sites for hydroxylation is 2. The number of hydrogen-bond donors (Lipinski definition) is 1. The maximum absolute atomic E-state index is 6.31. The minimum atomic E-state index is 0. The van der Waals surface area contributed by atoms with E-state index >= 15 is 0 Å². The van der Waals surface area contributed by atoms with E-state index in [2.05, 4.69) is 45.0 Å². The number of halogens is 1. The van der Waals surface area contributed by atoms with E-state index in [0.29, 0.717) is 18.1 Å². The Labute approximate surface area is 207 Å². The van der Waals surface area contributed by atoms with E-state index < -0.39 is 0 Å². The number of methoxy groups -OCH3 is 1. The summed E-state index contributed by atoms with van der Waals surface area (Å²) in [5, 5.41) is 2.08. The van der Waals surface area contributed by atoms with Crippen LogP contribution >= 0.6 is 0 Å². The van der Waals surface area contributed by atoms with Crippen molar-refractivity contribution in [1.82, 2.24) is 9.97 Å². The number of fused-ring (bicyclic) bond motifs is 6. The zero-order valence-electron chi connectivity index (χ0n) is 19.0. The normalized spacial score (nSPS) is 13.3. The van der Waals surface area contributed by atoms with Crippen molar-refractivity contribution in [3.63, 3.8) is 0 Å². The molecule has 0 bridgehead atoms. The predicted octanol–water partition coefficient (Wildman–Crippen LogP) is 1.55. The number of imidazole rings is 1. The number of aromatic nitrogens is 3. The molecule has 2 aromatic heterocycles. The molecule has 0 radical (unpaired) electrons. The molecule has 176 valence electrons. The molecule has 0 atom stereocenters. The first-order valence-corrected chi connectivity index (χ1v) is 11.3. The van der Waals surface area contributed by atoms with Gasteiger partial charge in [-0.1, -0.05) is 12.1 Å². The first kappa shape index (κ1) is 21.6. The third-order valence-electron chi connectivity index (χ3n) is 6.59. The van der Waals surface area contributed by atoms with E-state index in [9.17, 15) is 0 Å². The number of nitrogens with one attached hydrogen (secondary N) is 1. The van der Waals surface area contributed by atoms with E-state index in [1.807, 2.05) is 30.3 Å². The molecule has 5 aromatic rings. The maximum Gasteiger partial charge on any atom is 0.231 e. The van der Waals surface area contributed by atoms with Gasteiger partial charge in [0.25, 0.3) is 0 Å². The summed E-state index contributed by atoms with van der Waals surface area (Å²) in [5.74, 6) is 3.82. The fourth-order valence-corrected chi connectivity index (χ4v) is 4.92. The fraction of sp³-hybridized carbons (Fsp3) is 0.185. The van der Waals surface area contributed by atoms with Crippen LogP contribution in [0.3, 0.4) is 0 Å². The lowest BCUT2D eigenvalue weighted by molar-refractivity contribution is -0.686. The van der Waals surface area contributed by atoms with E-state index in [4.69, 9.17) is 18.9 Å². The number of nitrogens with zero attached hydrogens (tertiary/aromatic N) is 2. The molecule has 2 aliphatic heterocycles. The summed E-state index contributed by atoms with van der Waals surface area (Å²) in [6, 6.07) is 18.4. The molecule has 0 saturated carbocycles. The molecule has 7 rings (SSSR count). The van der Waals surface area contributed by atoms with Gasteiger partial charge in [-0.3, -0.25) is 0 Å². The summed E-state index contributed by atoms with van der Waals surface area (Å²) in [6.45, 7) is 1.47. The molecule has 3 aromatic carbocycles. The standard InChI is InChI=1S/C27H22N3O4.ClH/c1-31-23-7-6-16-10-22-18-12-25-24(33-15-34-25)11-17(18)8-9-30(22)13-19(16)27(23)32-14-26-28-20-4-2-3-5-21(20)29-26;/h2-7,10-13H,8-9,14-15H2,1H3,(H,28,29);1H/q+1;/p-1. The Balaban J connectivity index is 0.00000229. The van der Waals surface area contributed by atoms with E-state index in [1.54, 1.807) is 7.11 Å². The molecule has 1 N–H and O–H groups in total. The van der Waals surface area contributed by atoms with Gasteiger partial charge in [0.05, 0.1) is 29.1 Å². The molecular formula is C27H22ClN3O4. The molecule has 0 spiro atoms. The summed E-state index contributed by atoms with van der Waals surface area (Å²) in [6.07, 6.45) is 3.09. The van der Waals surface area contributed by atoms with Gasteiger partial charge < -0.3 is 36.3 Å². The van der Waals surface area contributed by atoms with Gasteiger partial charge in [0.1, 0.15) is 12.4 Å². The van der Waals surface area contributed by atoms with E-state index in [-0.39, 0.29) is 19.2 Å². The van der Waals surface area contributed by atoms with Crippen molar-refractivity contribution >= 4 is 21.8 Å². The number of aromatic amines is 1. The third-order valence-corrected chi connectivity index (χ3v) is 6.59. The second-order valence-electron chi connectivity index (χ2n) is 8.55. The van der Waals surface area contributed by atoms with Gasteiger partial charge in [0.15, 0.2) is 35.7 Å². The molecule has 4 heterocycles. The molecule has 0 saturated heterocycles. The van der Waals surface area contributed by atoms with Crippen molar-refractivity contribution in [3.05, 3.63) is 72.2 Å². The van der Waals surface area contributed by atoms with Crippen LogP contribution in [0.4, 0.5) is 0 Å². The molecular weight excluding hydrogens is 466 g/mol. The van der Waals surface area contributed by atoms with Crippen LogP contribution in [-0.4, -0.2) is 23.9 Å². The summed E-state index contributed by atoms with van der Waals surface area (Å²) < 4.78 is 25.5. The van der Waals surface area contributed by atoms with Crippen LogP contribution in [0, 0.1) is 0 Å². The number of benzene rings is 3. The van der Waals surface area contributed by atoms with Gasteiger partial charge in [0.2, 0.25) is 12.5 Å². The molecule has 0 fully saturated rings. The van der Waals surface area contributed by atoms with Gasteiger partial charge in [-0.2, -0.15) is 4.57 Å². The maximum atomic E-state index is 6.31. The van der Waals surface area contributed by atoms with Crippen molar-refractivity contribution in [2.24, 2.45) is 0 Å². The second-order valence-corrected chi connectivity index (χ2v) is 8.55. The molecule has 8 heteroatoms. The zero-order chi connectivity index (χ0) is 22.6. The topological polar surface area (TPSA) is 69.5 Å². The summed E-state index contributed by atoms with van der Waals surface area (Å²) in [7, 11) is 1.67. The fourth-order valence-electron chi connectivity index (χ4n) is 4.92. The van der Waals surface area contributed by atoms with Crippen molar-refractivity contribution in [2.75, 3.05) is 13.9 Å². The number of ether oxygens (including phenoxy) is 4. The second kappa shape index (κ2) is 8.36. The average Bonchev–Trinajstić information content (AvgIpc) is 3.50. The van der Waals surface area contributed by atoms with E-state index in [0.717, 1.165) is 57.8 Å². The lowest BCUT2D eigenvalue weighted by Gasteiger charge is -2.17. The number of rotatable bonds is 4. The van der Waals surface area contributed by atoms with Gasteiger partial charge in [0, 0.05) is 12.5 Å². The lowest BCUT2D eigenvalue weighted by atomic mass is 9.95. The minimum absolute atomic E-state index is 0. The Morgan fingerprint density at radius 2 is 1.91 bits per heavy atom. The van der Waals surface area contributed by atoms with Crippen molar-refractivity contribution in [1.29, 1.82) is 0 Å². The molecule has 7 nitrogen and oxygen atoms in total. The van der Waals surface area contributed by atoms with Crippen LogP contribution in [-0.2, 0) is 19.6 Å². The lowest BCUT2D eigenvalue weighted by Crippen LogP contribution is -3.00. The van der Waals surface area contributed by atoms with Crippen LogP contribution in [0.2, 0.25) is 0 Å². The Morgan fingerprint density at radius 1 is 1.06 bits per heavy atom. The Hall–Kier alpha value is -3.97. The van der Waals surface area contributed by atoms with Crippen molar-refractivity contribution < 1.29 is 35.9 Å². The highest BCUT2D eigenvalue weighted by Crippen LogP contribution is 2.41. The average molecular weight is 488 g/mol. The number of pyridine rings is 1. The van der Waals surface area contributed by atoms with Crippen LogP contribution < -0.4 is 35.9 Å². The highest BCUT2D eigenvalue weighted by Gasteiger charge is 2.28. The predicted molar refractivity (Wildman–Crippen MR) is 126 cm³/mol. The largest absolute Gasteiger partial charge is 1.00 e. The van der Waals surface area contributed by atoms with Crippen LogP contribution in [0.25, 0.3) is 33.1 Å². The Kier molecular flexibility index (Phi) is 5.15. The van der Waals surface area contributed by atoms with Crippen LogP contribution in [0.5, 0.6) is 23.0 Å². The van der Waals surface area contributed by atoms with Crippen molar-refractivity contribution in [2.45, 2.75) is 19.6 Å². The summed E-state index contributed by atoms with van der Waals surface area (Å²) >= 11 is 0. The van der Waals surface area contributed by atoms with Gasteiger partial charge in [-0.15, -0.1) is 0 Å². The molecule has 35 heavy (non-hydrogen) atoms. The minimum Gasteiger partial charge on any atom is -1.00 e. The zero-order valence-corrected chi connectivity index (χ0v) is 19.8. The van der Waals surface area contributed by atoms with Crippen molar-refractivity contribution in [3.8, 4) is 34.3 Å².